The molecule has 0 N–H and O–H groups in total. The molecule has 0 aromatic heterocycles. The Balaban J connectivity index is 1.45. The first-order chi connectivity index (χ1) is 10.8. The zero-order valence-electron chi connectivity index (χ0n) is 12.8. The van der Waals surface area contributed by atoms with Crippen molar-refractivity contribution in [1.29, 1.82) is 0 Å². The number of fused-ring (bicyclic) bond motifs is 1. The van der Waals surface area contributed by atoms with Gasteiger partial charge in [0.1, 0.15) is 12.4 Å². The molecule has 0 atom stereocenters. The third-order valence-corrected chi connectivity index (χ3v) is 3.61. The lowest BCUT2D eigenvalue weighted by Gasteiger charge is -2.08. The molecule has 3 aromatic rings. The first kappa shape index (κ1) is 14.6. The summed E-state index contributed by atoms with van der Waals surface area (Å²) in [4.78, 5) is 0. The molecular formula is C20H20O2. The van der Waals surface area contributed by atoms with E-state index in [1.54, 1.807) is 0 Å². The summed E-state index contributed by atoms with van der Waals surface area (Å²) in [6.07, 6.45) is 0. The summed E-state index contributed by atoms with van der Waals surface area (Å²) in [5, 5.41) is 2.42. The van der Waals surface area contributed by atoms with E-state index in [1.807, 2.05) is 18.2 Å². The van der Waals surface area contributed by atoms with Gasteiger partial charge < -0.3 is 9.47 Å². The molecule has 0 heterocycles. The minimum atomic E-state index is 0.560. The molecule has 0 saturated heterocycles. The summed E-state index contributed by atoms with van der Waals surface area (Å²) in [7, 11) is 0. The van der Waals surface area contributed by atoms with E-state index >= 15 is 0 Å². The van der Waals surface area contributed by atoms with Crippen LogP contribution in [0.25, 0.3) is 10.8 Å². The molecule has 2 heteroatoms. The predicted molar refractivity (Wildman–Crippen MR) is 90.3 cm³/mol. The summed E-state index contributed by atoms with van der Waals surface area (Å²) in [6, 6.07) is 22.8. The van der Waals surface area contributed by atoms with E-state index in [1.165, 1.54) is 21.9 Å². The lowest BCUT2D eigenvalue weighted by molar-refractivity contribution is 0.0889. The molecule has 0 unspecified atom stereocenters. The van der Waals surface area contributed by atoms with Crippen molar-refractivity contribution in [3.63, 3.8) is 0 Å². The van der Waals surface area contributed by atoms with E-state index in [-0.39, 0.29) is 0 Å². The molecule has 0 amide bonds. The van der Waals surface area contributed by atoms with Crippen LogP contribution in [-0.4, -0.2) is 13.2 Å². The van der Waals surface area contributed by atoms with Gasteiger partial charge in [-0.1, -0.05) is 60.2 Å². The molecular weight excluding hydrogens is 272 g/mol. The lowest BCUT2D eigenvalue weighted by atomic mass is 10.1. The fraction of sp³-hybridized carbons (Fsp3) is 0.200. The van der Waals surface area contributed by atoms with Crippen molar-refractivity contribution in [2.45, 2.75) is 13.5 Å². The Morgan fingerprint density at radius 1 is 0.773 bits per heavy atom. The fourth-order valence-electron chi connectivity index (χ4n) is 2.35. The van der Waals surface area contributed by atoms with Gasteiger partial charge in [0, 0.05) is 0 Å². The molecule has 0 aliphatic rings. The highest BCUT2D eigenvalue weighted by molar-refractivity contribution is 5.83. The monoisotopic (exact) mass is 292 g/mol. The van der Waals surface area contributed by atoms with Crippen LogP contribution in [0.4, 0.5) is 0 Å². The molecule has 0 saturated carbocycles. The van der Waals surface area contributed by atoms with Crippen LogP contribution in [0.2, 0.25) is 0 Å². The van der Waals surface area contributed by atoms with Gasteiger partial charge in [0.25, 0.3) is 0 Å². The van der Waals surface area contributed by atoms with Gasteiger partial charge in [0.05, 0.1) is 13.2 Å². The van der Waals surface area contributed by atoms with Gasteiger partial charge in [-0.05, 0) is 35.4 Å². The van der Waals surface area contributed by atoms with Crippen molar-refractivity contribution in [1.82, 2.24) is 0 Å². The lowest BCUT2D eigenvalue weighted by Crippen LogP contribution is -2.06. The standard InChI is InChI=1S/C20H20O2/c1-16-6-8-17(9-7-16)15-21-12-13-22-20-11-10-18-4-2-3-5-19(18)14-20/h2-11,14H,12-13,15H2,1H3. The van der Waals surface area contributed by atoms with Crippen LogP contribution >= 0.6 is 0 Å². The second-order valence-electron chi connectivity index (χ2n) is 5.40. The minimum absolute atomic E-state index is 0.560. The molecule has 112 valence electrons. The maximum Gasteiger partial charge on any atom is 0.120 e. The predicted octanol–water partition coefficient (Wildman–Crippen LogP) is 4.74. The number of rotatable bonds is 6. The molecule has 2 nitrogen and oxygen atoms in total. The Morgan fingerprint density at radius 3 is 2.36 bits per heavy atom. The molecule has 0 aliphatic carbocycles. The molecule has 0 aliphatic heterocycles. The Morgan fingerprint density at radius 2 is 1.55 bits per heavy atom. The normalized spacial score (nSPS) is 10.8. The van der Waals surface area contributed by atoms with Crippen molar-refractivity contribution in [2.75, 3.05) is 13.2 Å². The first-order valence-electron chi connectivity index (χ1n) is 7.56. The van der Waals surface area contributed by atoms with Gasteiger partial charge in [-0.25, -0.2) is 0 Å². The maximum atomic E-state index is 5.75. The van der Waals surface area contributed by atoms with Gasteiger partial charge >= 0.3 is 0 Å². The summed E-state index contributed by atoms with van der Waals surface area (Å²) < 4.78 is 11.4. The minimum Gasteiger partial charge on any atom is -0.491 e. The number of benzene rings is 3. The van der Waals surface area contributed by atoms with E-state index in [0.29, 0.717) is 19.8 Å². The van der Waals surface area contributed by atoms with Gasteiger partial charge in [-0.2, -0.15) is 0 Å². The highest BCUT2D eigenvalue weighted by Crippen LogP contribution is 2.20. The van der Waals surface area contributed by atoms with Crippen LogP contribution < -0.4 is 4.74 Å². The van der Waals surface area contributed by atoms with Crippen molar-refractivity contribution < 1.29 is 9.47 Å². The molecule has 0 fully saturated rings. The van der Waals surface area contributed by atoms with Gasteiger partial charge in [-0.3, -0.25) is 0 Å². The third-order valence-electron chi connectivity index (χ3n) is 3.61. The topological polar surface area (TPSA) is 18.5 Å². The molecule has 0 radical (unpaired) electrons. The first-order valence-corrected chi connectivity index (χ1v) is 7.56. The smallest absolute Gasteiger partial charge is 0.120 e. The maximum absolute atomic E-state index is 5.75. The average molecular weight is 292 g/mol. The molecule has 0 spiro atoms. The van der Waals surface area contributed by atoms with E-state index in [0.717, 1.165) is 5.75 Å². The molecule has 22 heavy (non-hydrogen) atoms. The van der Waals surface area contributed by atoms with Crippen molar-refractivity contribution in [3.05, 3.63) is 77.9 Å². The quantitative estimate of drug-likeness (QED) is 0.611. The summed E-state index contributed by atoms with van der Waals surface area (Å²) in [6.45, 7) is 3.86. The van der Waals surface area contributed by atoms with E-state index in [4.69, 9.17) is 9.47 Å². The van der Waals surface area contributed by atoms with E-state index in [2.05, 4.69) is 55.5 Å². The molecule has 3 aromatic carbocycles. The number of hydrogen-bond acceptors (Lipinski definition) is 2. The highest BCUT2D eigenvalue weighted by atomic mass is 16.5. The fourth-order valence-corrected chi connectivity index (χ4v) is 2.35. The Labute approximate surface area is 131 Å². The number of ether oxygens (including phenoxy) is 2. The zero-order valence-corrected chi connectivity index (χ0v) is 12.8. The summed E-state index contributed by atoms with van der Waals surface area (Å²) >= 11 is 0. The van der Waals surface area contributed by atoms with Crippen molar-refractivity contribution in [2.24, 2.45) is 0 Å². The van der Waals surface area contributed by atoms with Crippen LogP contribution in [0.15, 0.2) is 66.7 Å². The van der Waals surface area contributed by atoms with Crippen molar-refractivity contribution >= 4 is 10.8 Å². The van der Waals surface area contributed by atoms with Crippen LogP contribution in [-0.2, 0) is 11.3 Å². The largest absolute Gasteiger partial charge is 0.491 e. The number of aryl methyl sites for hydroxylation is 1. The van der Waals surface area contributed by atoms with Crippen LogP contribution in [0, 0.1) is 6.92 Å². The summed E-state index contributed by atoms with van der Waals surface area (Å²) in [5.41, 5.74) is 2.46. The SMILES string of the molecule is Cc1ccc(COCCOc2ccc3ccccc3c2)cc1. The van der Waals surface area contributed by atoms with Crippen LogP contribution in [0.1, 0.15) is 11.1 Å². The van der Waals surface area contributed by atoms with Gasteiger partial charge in [-0.15, -0.1) is 0 Å². The second-order valence-corrected chi connectivity index (χ2v) is 5.40. The van der Waals surface area contributed by atoms with E-state index in [9.17, 15) is 0 Å². The summed E-state index contributed by atoms with van der Waals surface area (Å²) in [5.74, 6) is 0.887. The molecule has 0 bridgehead atoms. The van der Waals surface area contributed by atoms with Crippen molar-refractivity contribution in [3.8, 4) is 5.75 Å². The van der Waals surface area contributed by atoms with Crippen LogP contribution in [0.3, 0.4) is 0 Å². The highest BCUT2D eigenvalue weighted by Gasteiger charge is 1.98. The number of hydrogen-bond donors (Lipinski definition) is 0. The van der Waals surface area contributed by atoms with Gasteiger partial charge in [0.2, 0.25) is 0 Å². The Bertz CT molecular complexity index is 732. The Kier molecular flexibility index (Phi) is 4.71. The van der Waals surface area contributed by atoms with E-state index < -0.39 is 0 Å². The zero-order chi connectivity index (χ0) is 15.2. The Hall–Kier alpha value is -2.32. The van der Waals surface area contributed by atoms with Gasteiger partial charge in [0.15, 0.2) is 0 Å². The molecule has 3 rings (SSSR count). The van der Waals surface area contributed by atoms with Crippen LogP contribution in [0.5, 0.6) is 5.75 Å². The third kappa shape index (κ3) is 3.86. The second kappa shape index (κ2) is 7.10. The average Bonchev–Trinajstić information content (AvgIpc) is 2.56.